The van der Waals surface area contributed by atoms with Crippen molar-refractivity contribution in [3.05, 3.63) is 36.4 Å². The van der Waals surface area contributed by atoms with Gasteiger partial charge in [-0.3, -0.25) is 0 Å². The van der Waals surface area contributed by atoms with E-state index in [1.54, 1.807) is 6.07 Å². The fourth-order valence-electron chi connectivity index (χ4n) is 2.05. The Morgan fingerprint density at radius 1 is 1.00 bits per heavy atom. The van der Waals surface area contributed by atoms with Crippen LogP contribution in [-0.2, 0) is 0 Å². The maximum atomic E-state index is 5.69. The lowest BCUT2D eigenvalue weighted by Crippen LogP contribution is -2.21. The SMILES string of the molecule is CCN(CC)c1ccc(Nc2ccc(N)c(N)n2)cc1. The van der Waals surface area contributed by atoms with Gasteiger partial charge in [-0.05, 0) is 50.2 Å². The van der Waals surface area contributed by atoms with Crippen molar-refractivity contribution < 1.29 is 0 Å². The van der Waals surface area contributed by atoms with Crippen LogP contribution in [0.15, 0.2) is 36.4 Å². The summed E-state index contributed by atoms with van der Waals surface area (Å²) in [6.45, 7) is 6.30. The lowest BCUT2D eigenvalue weighted by Gasteiger charge is -2.21. The molecule has 0 saturated heterocycles. The number of hydrogen-bond donors (Lipinski definition) is 3. The molecule has 0 saturated carbocycles. The topological polar surface area (TPSA) is 80.2 Å². The first kappa shape index (κ1) is 14.0. The molecule has 20 heavy (non-hydrogen) atoms. The number of nitrogen functional groups attached to an aromatic ring is 2. The number of rotatable bonds is 5. The van der Waals surface area contributed by atoms with Gasteiger partial charge in [0, 0.05) is 24.5 Å². The first-order chi connectivity index (χ1) is 9.63. The lowest BCUT2D eigenvalue weighted by atomic mass is 10.2. The van der Waals surface area contributed by atoms with Crippen molar-refractivity contribution in [2.45, 2.75) is 13.8 Å². The standard InChI is InChI=1S/C15H21N5/c1-3-20(4-2)12-7-5-11(6-8-12)18-14-10-9-13(16)15(17)19-14/h5-10H,3-4,16H2,1-2H3,(H3,17,18,19). The van der Waals surface area contributed by atoms with Gasteiger partial charge in [-0.15, -0.1) is 0 Å². The summed E-state index contributed by atoms with van der Waals surface area (Å²) in [5, 5.41) is 3.21. The van der Waals surface area contributed by atoms with Crippen LogP contribution in [0, 0.1) is 0 Å². The highest BCUT2D eigenvalue weighted by Crippen LogP contribution is 2.22. The summed E-state index contributed by atoms with van der Waals surface area (Å²) in [5.74, 6) is 1.03. The molecular weight excluding hydrogens is 250 g/mol. The minimum atomic E-state index is 0.342. The molecule has 0 radical (unpaired) electrons. The molecule has 1 aromatic carbocycles. The number of aromatic nitrogens is 1. The Balaban J connectivity index is 2.12. The van der Waals surface area contributed by atoms with Gasteiger partial charge in [-0.1, -0.05) is 0 Å². The molecule has 1 aromatic heterocycles. The summed E-state index contributed by atoms with van der Waals surface area (Å²) in [5.41, 5.74) is 14.0. The largest absolute Gasteiger partial charge is 0.396 e. The average Bonchev–Trinajstić information content (AvgIpc) is 2.46. The number of hydrogen-bond acceptors (Lipinski definition) is 5. The van der Waals surface area contributed by atoms with E-state index in [-0.39, 0.29) is 0 Å². The summed E-state index contributed by atoms with van der Waals surface area (Å²) in [6, 6.07) is 11.8. The third-order valence-electron chi connectivity index (χ3n) is 3.23. The van der Waals surface area contributed by atoms with Crippen LogP contribution in [0.4, 0.5) is 28.7 Å². The Morgan fingerprint density at radius 3 is 2.20 bits per heavy atom. The number of nitrogens with two attached hydrogens (primary N) is 2. The second-order valence-corrected chi connectivity index (χ2v) is 4.52. The molecule has 1 heterocycles. The highest BCUT2D eigenvalue weighted by atomic mass is 15.1. The zero-order chi connectivity index (χ0) is 14.5. The maximum Gasteiger partial charge on any atom is 0.149 e. The van der Waals surface area contributed by atoms with E-state index in [2.05, 4.69) is 41.2 Å². The van der Waals surface area contributed by atoms with Gasteiger partial charge in [0.2, 0.25) is 0 Å². The van der Waals surface area contributed by atoms with Gasteiger partial charge < -0.3 is 21.7 Å². The predicted octanol–water partition coefficient (Wildman–Crippen LogP) is 2.84. The normalized spacial score (nSPS) is 10.3. The van der Waals surface area contributed by atoms with Gasteiger partial charge in [0.25, 0.3) is 0 Å². The first-order valence-electron chi connectivity index (χ1n) is 6.78. The molecule has 5 nitrogen and oxygen atoms in total. The van der Waals surface area contributed by atoms with Gasteiger partial charge in [0.1, 0.15) is 11.6 Å². The highest BCUT2D eigenvalue weighted by Gasteiger charge is 2.03. The van der Waals surface area contributed by atoms with Crippen LogP contribution in [0.5, 0.6) is 0 Å². The summed E-state index contributed by atoms with van der Waals surface area (Å²) >= 11 is 0. The third-order valence-corrected chi connectivity index (χ3v) is 3.23. The van der Waals surface area contributed by atoms with Crippen LogP contribution in [0.1, 0.15) is 13.8 Å². The van der Waals surface area contributed by atoms with Crippen molar-refractivity contribution in [2.24, 2.45) is 0 Å². The number of anilines is 5. The highest BCUT2D eigenvalue weighted by molar-refractivity contribution is 5.66. The molecule has 2 aromatic rings. The Morgan fingerprint density at radius 2 is 1.65 bits per heavy atom. The Labute approximate surface area is 119 Å². The van der Waals surface area contributed by atoms with E-state index < -0.39 is 0 Å². The molecule has 0 atom stereocenters. The molecule has 0 fully saturated rings. The van der Waals surface area contributed by atoms with Crippen molar-refractivity contribution in [1.82, 2.24) is 4.98 Å². The van der Waals surface area contributed by atoms with Gasteiger partial charge >= 0.3 is 0 Å². The van der Waals surface area contributed by atoms with E-state index in [0.29, 0.717) is 17.3 Å². The molecule has 0 spiro atoms. The summed E-state index contributed by atoms with van der Waals surface area (Å²) in [7, 11) is 0. The smallest absolute Gasteiger partial charge is 0.149 e. The van der Waals surface area contributed by atoms with Gasteiger partial charge in [-0.25, -0.2) is 4.98 Å². The number of nitrogens with zero attached hydrogens (tertiary/aromatic N) is 2. The number of benzene rings is 1. The molecule has 0 amide bonds. The van der Waals surface area contributed by atoms with Crippen LogP contribution in [-0.4, -0.2) is 18.1 Å². The van der Waals surface area contributed by atoms with Gasteiger partial charge in [0.05, 0.1) is 5.69 Å². The fraction of sp³-hybridized carbons (Fsp3) is 0.267. The van der Waals surface area contributed by atoms with Crippen molar-refractivity contribution in [1.29, 1.82) is 0 Å². The molecule has 106 valence electrons. The summed E-state index contributed by atoms with van der Waals surface area (Å²) < 4.78 is 0. The first-order valence-corrected chi connectivity index (χ1v) is 6.78. The molecule has 5 heteroatoms. The lowest BCUT2D eigenvalue weighted by molar-refractivity contribution is 0.866. The molecule has 0 bridgehead atoms. The van der Waals surface area contributed by atoms with Crippen LogP contribution < -0.4 is 21.7 Å². The average molecular weight is 271 g/mol. The van der Waals surface area contributed by atoms with Gasteiger partial charge in [0.15, 0.2) is 0 Å². The maximum absolute atomic E-state index is 5.69. The zero-order valence-corrected chi connectivity index (χ0v) is 11.9. The van der Waals surface area contributed by atoms with Crippen LogP contribution >= 0.6 is 0 Å². The molecule has 5 N–H and O–H groups in total. The zero-order valence-electron chi connectivity index (χ0n) is 11.9. The van der Waals surface area contributed by atoms with Crippen LogP contribution in [0.25, 0.3) is 0 Å². The van der Waals surface area contributed by atoms with E-state index >= 15 is 0 Å². The van der Waals surface area contributed by atoms with Crippen molar-refractivity contribution in [3.8, 4) is 0 Å². The summed E-state index contributed by atoms with van der Waals surface area (Å²) in [4.78, 5) is 6.48. The fourth-order valence-corrected chi connectivity index (χ4v) is 2.05. The predicted molar refractivity (Wildman–Crippen MR) is 86.3 cm³/mol. The van der Waals surface area contributed by atoms with E-state index in [1.165, 1.54) is 5.69 Å². The van der Waals surface area contributed by atoms with Gasteiger partial charge in [-0.2, -0.15) is 0 Å². The van der Waals surface area contributed by atoms with Crippen molar-refractivity contribution >= 4 is 28.7 Å². The minimum absolute atomic E-state index is 0.342. The Kier molecular flexibility index (Phi) is 4.30. The quantitative estimate of drug-likeness (QED) is 0.779. The van der Waals surface area contributed by atoms with E-state index in [4.69, 9.17) is 11.5 Å². The molecule has 0 aliphatic rings. The Hall–Kier alpha value is -2.43. The van der Waals surface area contributed by atoms with Crippen LogP contribution in [0.2, 0.25) is 0 Å². The van der Waals surface area contributed by atoms with Crippen LogP contribution in [0.3, 0.4) is 0 Å². The van der Waals surface area contributed by atoms with Crippen molar-refractivity contribution in [2.75, 3.05) is 34.8 Å². The monoisotopic (exact) mass is 271 g/mol. The molecule has 0 aliphatic carbocycles. The van der Waals surface area contributed by atoms with E-state index in [0.717, 1.165) is 18.8 Å². The molecule has 2 rings (SSSR count). The van der Waals surface area contributed by atoms with Crippen molar-refractivity contribution in [3.63, 3.8) is 0 Å². The van der Waals surface area contributed by atoms with E-state index in [1.807, 2.05) is 18.2 Å². The Bertz CT molecular complexity index is 561. The summed E-state index contributed by atoms with van der Waals surface area (Å²) in [6.07, 6.45) is 0. The third kappa shape index (κ3) is 3.12. The molecular formula is C15H21N5. The molecule has 0 aliphatic heterocycles. The van der Waals surface area contributed by atoms with E-state index in [9.17, 15) is 0 Å². The minimum Gasteiger partial charge on any atom is -0.396 e. The second-order valence-electron chi connectivity index (χ2n) is 4.52. The second kappa shape index (κ2) is 6.14. The number of pyridine rings is 1. The number of nitrogens with one attached hydrogen (secondary N) is 1. The molecule has 0 unspecified atom stereocenters.